The minimum absolute atomic E-state index is 0.0596. The fraction of sp³-hybridized carbons (Fsp3) is 0.412. The van der Waals surface area contributed by atoms with Gasteiger partial charge in [0.05, 0.1) is 6.20 Å². The minimum Gasteiger partial charge on any atom is -0.336 e. The second-order valence-corrected chi connectivity index (χ2v) is 6.52. The van der Waals surface area contributed by atoms with Gasteiger partial charge < -0.3 is 4.90 Å². The molecule has 3 aromatic rings. The molecular weight excluding hydrogens is 399 g/mol. The van der Waals surface area contributed by atoms with Gasteiger partial charge in [-0.05, 0) is 19.9 Å². The summed E-state index contributed by atoms with van der Waals surface area (Å²) in [4.78, 5) is 17.8. The molecule has 0 atom stereocenters. The summed E-state index contributed by atoms with van der Waals surface area (Å²) in [6.45, 7) is 3.98. The van der Waals surface area contributed by atoms with Gasteiger partial charge in [0.1, 0.15) is 5.69 Å². The maximum Gasteiger partial charge on any atom is 0.459 e. The smallest absolute Gasteiger partial charge is 0.336 e. The summed E-state index contributed by atoms with van der Waals surface area (Å²) >= 11 is 0. The van der Waals surface area contributed by atoms with E-state index in [1.54, 1.807) is 17.1 Å². The highest BCUT2D eigenvalue weighted by atomic mass is 19.4. The van der Waals surface area contributed by atoms with E-state index < -0.39 is 23.7 Å². The number of rotatable bonds is 5. The summed E-state index contributed by atoms with van der Waals surface area (Å²) in [5, 5.41) is 7.76. The van der Waals surface area contributed by atoms with E-state index in [4.69, 9.17) is 0 Å². The second-order valence-electron chi connectivity index (χ2n) is 6.52. The number of halogens is 5. The Morgan fingerprint density at radius 1 is 1.21 bits per heavy atom. The van der Waals surface area contributed by atoms with Crippen molar-refractivity contribution in [2.24, 2.45) is 0 Å². The maximum absolute atomic E-state index is 13.9. The van der Waals surface area contributed by atoms with E-state index in [-0.39, 0.29) is 23.6 Å². The molecule has 0 aliphatic carbocycles. The third kappa shape index (κ3) is 3.78. The van der Waals surface area contributed by atoms with Gasteiger partial charge in [0.2, 0.25) is 0 Å². The number of aromatic nitrogens is 5. The molecule has 0 radical (unpaired) electrons. The Morgan fingerprint density at radius 3 is 2.48 bits per heavy atom. The molecule has 0 aliphatic heterocycles. The van der Waals surface area contributed by atoms with Crippen molar-refractivity contribution in [1.29, 1.82) is 0 Å². The maximum atomic E-state index is 13.9. The zero-order valence-electron chi connectivity index (χ0n) is 15.7. The Balaban J connectivity index is 1.96. The molecule has 3 aromatic heterocycles. The van der Waals surface area contributed by atoms with Crippen LogP contribution in [0.5, 0.6) is 0 Å². The molecule has 0 aromatic carbocycles. The SMILES string of the molecule is CCn1cc(CN(C)C(=O)c2cc3nc(C)cc(C(F)(F)C(F)(F)F)n3n2)cn1. The zero-order valence-corrected chi connectivity index (χ0v) is 15.7. The van der Waals surface area contributed by atoms with E-state index in [0.29, 0.717) is 17.1 Å². The number of hydrogen-bond acceptors (Lipinski definition) is 4. The number of alkyl halides is 5. The van der Waals surface area contributed by atoms with E-state index in [1.807, 2.05) is 6.92 Å². The van der Waals surface area contributed by atoms with Crippen LogP contribution >= 0.6 is 0 Å². The van der Waals surface area contributed by atoms with E-state index in [0.717, 1.165) is 11.6 Å². The Labute approximate surface area is 161 Å². The normalized spacial score (nSPS) is 12.6. The van der Waals surface area contributed by atoms with Crippen LogP contribution in [-0.4, -0.2) is 48.4 Å². The third-order valence-corrected chi connectivity index (χ3v) is 4.23. The van der Waals surface area contributed by atoms with Gasteiger partial charge in [-0.2, -0.15) is 32.1 Å². The number of hydrogen-bond donors (Lipinski definition) is 0. The lowest BCUT2D eigenvalue weighted by molar-refractivity contribution is -0.291. The molecular formula is C17H17F5N6O. The van der Waals surface area contributed by atoms with Crippen LogP contribution in [0.15, 0.2) is 24.5 Å². The monoisotopic (exact) mass is 416 g/mol. The predicted octanol–water partition coefficient (Wildman–Crippen LogP) is 3.18. The van der Waals surface area contributed by atoms with Crippen LogP contribution < -0.4 is 0 Å². The number of carbonyl (C=O) groups excluding carboxylic acids is 1. The summed E-state index contributed by atoms with van der Waals surface area (Å²) in [5.41, 5.74) is -1.31. The molecule has 0 fully saturated rings. The lowest BCUT2D eigenvalue weighted by Crippen LogP contribution is -2.36. The standard InChI is InChI=1S/C17H17F5N6O/c1-4-27-9-11(7-23-27)8-26(3)15(29)12-6-14-24-10(2)5-13(28(14)25-12)16(18,19)17(20,21)22/h5-7,9H,4,8H2,1-3H3. The topological polar surface area (TPSA) is 68.3 Å². The van der Waals surface area contributed by atoms with E-state index in [1.165, 1.54) is 18.9 Å². The second kappa shape index (κ2) is 7.08. The summed E-state index contributed by atoms with van der Waals surface area (Å²) in [6.07, 6.45) is -2.51. The molecule has 0 N–H and O–H groups in total. The number of fused-ring (bicyclic) bond motifs is 1. The van der Waals surface area contributed by atoms with Gasteiger partial charge in [0.15, 0.2) is 11.3 Å². The van der Waals surface area contributed by atoms with Crippen molar-refractivity contribution in [3.8, 4) is 0 Å². The van der Waals surface area contributed by atoms with Crippen molar-refractivity contribution in [3.05, 3.63) is 47.2 Å². The molecule has 0 aliphatic rings. The molecule has 156 valence electrons. The highest BCUT2D eigenvalue weighted by molar-refractivity contribution is 5.93. The van der Waals surface area contributed by atoms with Crippen molar-refractivity contribution in [2.45, 2.75) is 39.0 Å². The molecule has 29 heavy (non-hydrogen) atoms. The van der Waals surface area contributed by atoms with Gasteiger partial charge in [-0.3, -0.25) is 9.48 Å². The molecule has 0 spiro atoms. The van der Waals surface area contributed by atoms with Crippen molar-refractivity contribution >= 4 is 11.6 Å². The van der Waals surface area contributed by atoms with Crippen LogP contribution in [0.2, 0.25) is 0 Å². The van der Waals surface area contributed by atoms with Gasteiger partial charge in [0.25, 0.3) is 5.91 Å². The molecule has 0 saturated carbocycles. The molecule has 12 heteroatoms. The lowest BCUT2D eigenvalue weighted by Gasteiger charge is -2.20. The van der Waals surface area contributed by atoms with Crippen molar-refractivity contribution in [1.82, 2.24) is 29.3 Å². The molecule has 0 unspecified atom stereocenters. The van der Waals surface area contributed by atoms with Crippen LogP contribution in [-0.2, 0) is 19.0 Å². The Morgan fingerprint density at radius 2 is 1.90 bits per heavy atom. The first kappa shape index (κ1) is 20.7. The quantitative estimate of drug-likeness (QED) is 0.600. The van der Waals surface area contributed by atoms with Gasteiger partial charge >= 0.3 is 12.1 Å². The van der Waals surface area contributed by atoms with Gasteiger partial charge in [-0.15, -0.1) is 0 Å². The van der Waals surface area contributed by atoms with Gasteiger partial charge in [0, 0.05) is 43.7 Å². The Kier molecular flexibility index (Phi) is 5.05. The summed E-state index contributed by atoms with van der Waals surface area (Å²) in [6, 6.07) is 1.68. The first-order valence-electron chi connectivity index (χ1n) is 8.53. The Hall–Kier alpha value is -3.05. The van der Waals surface area contributed by atoms with E-state index in [2.05, 4.69) is 15.2 Å². The van der Waals surface area contributed by atoms with Crippen molar-refractivity contribution in [3.63, 3.8) is 0 Å². The average molecular weight is 416 g/mol. The lowest BCUT2D eigenvalue weighted by atomic mass is 10.2. The highest BCUT2D eigenvalue weighted by Crippen LogP contribution is 2.43. The average Bonchev–Trinajstić information content (AvgIpc) is 3.25. The molecule has 0 bridgehead atoms. The number of aryl methyl sites for hydroxylation is 2. The van der Waals surface area contributed by atoms with Crippen LogP contribution in [0.4, 0.5) is 22.0 Å². The molecule has 3 rings (SSSR count). The molecule has 0 saturated heterocycles. The van der Waals surface area contributed by atoms with Gasteiger partial charge in [-0.1, -0.05) is 0 Å². The summed E-state index contributed by atoms with van der Waals surface area (Å²) in [7, 11) is 1.46. The predicted molar refractivity (Wildman–Crippen MR) is 91.4 cm³/mol. The number of amides is 1. The first-order valence-corrected chi connectivity index (χ1v) is 8.53. The van der Waals surface area contributed by atoms with Crippen LogP contribution in [0.25, 0.3) is 5.65 Å². The van der Waals surface area contributed by atoms with Crippen molar-refractivity contribution in [2.75, 3.05) is 7.05 Å². The Bertz CT molecular complexity index is 1050. The molecule has 7 nitrogen and oxygen atoms in total. The van der Waals surface area contributed by atoms with E-state index >= 15 is 0 Å². The highest BCUT2D eigenvalue weighted by Gasteiger charge is 2.60. The van der Waals surface area contributed by atoms with E-state index in [9.17, 15) is 26.7 Å². The summed E-state index contributed by atoms with van der Waals surface area (Å²) in [5.74, 6) is -5.81. The number of nitrogens with zero attached hydrogens (tertiary/aromatic N) is 6. The first-order chi connectivity index (χ1) is 13.4. The largest absolute Gasteiger partial charge is 0.459 e. The van der Waals surface area contributed by atoms with Crippen molar-refractivity contribution < 1.29 is 26.7 Å². The fourth-order valence-corrected chi connectivity index (χ4v) is 2.78. The fourth-order valence-electron chi connectivity index (χ4n) is 2.78. The minimum atomic E-state index is -5.82. The van der Waals surface area contributed by atoms with Crippen LogP contribution in [0, 0.1) is 6.92 Å². The van der Waals surface area contributed by atoms with Crippen LogP contribution in [0.3, 0.4) is 0 Å². The van der Waals surface area contributed by atoms with Crippen LogP contribution in [0.1, 0.15) is 34.4 Å². The zero-order chi connectivity index (χ0) is 21.6. The third-order valence-electron chi connectivity index (χ3n) is 4.23. The molecule has 1 amide bonds. The van der Waals surface area contributed by atoms with Gasteiger partial charge in [-0.25, -0.2) is 9.50 Å². The number of carbonyl (C=O) groups is 1. The molecule has 3 heterocycles. The summed E-state index contributed by atoms with van der Waals surface area (Å²) < 4.78 is 68.5.